The highest BCUT2D eigenvalue weighted by atomic mass is 19.1. The Morgan fingerprint density at radius 3 is 2.71 bits per heavy atom. The van der Waals surface area contributed by atoms with E-state index in [4.69, 9.17) is 4.74 Å². The molecule has 2 rings (SSSR count). The average Bonchev–Trinajstić information content (AvgIpc) is 2.52. The van der Waals surface area contributed by atoms with Crippen molar-refractivity contribution < 1.29 is 9.13 Å². The topological polar surface area (TPSA) is 24.5 Å². The SMILES string of the molecule is COc1ccc(C(C)NCCCN2CCCCC2)cc1F. The molecule has 21 heavy (non-hydrogen) atoms. The first-order valence-corrected chi connectivity index (χ1v) is 8.00. The summed E-state index contributed by atoms with van der Waals surface area (Å²) in [5.74, 6) is 0.00742. The molecule has 1 N–H and O–H groups in total. The van der Waals surface area contributed by atoms with Gasteiger partial charge in [-0.25, -0.2) is 4.39 Å². The van der Waals surface area contributed by atoms with Crippen LogP contribution in [0.3, 0.4) is 0 Å². The molecule has 1 fully saturated rings. The molecule has 0 bridgehead atoms. The van der Waals surface area contributed by atoms with Crippen molar-refractivity contribution in [3.8, 4) is 5.75 Å². The van der Waals surface area contributed by atoms with E-state index in [9.17, 15) is 4.39 Å². The van der Waals surface area contributed by atoms with E-state index in [0.717, 1.165) is 25.1 Å². The van der Waals surface area contributed by atoms with Gasteiger partial charge >= 0.3 is 0 Å². The molecule has 0 saturated carbocycles. The number of rotatable bonds is 7. The van der Waals surface area contributed by atoms with E-state index >= 15 is 0 Å². The number of nitrogens with zero attached hydrogens (tertiary/aromatic N) is 1. The van der Waals surface area contributed by atoms with Crippen LogP contribution < -0.4 is 10.1 Å². The molecule has 4 heteroatoms. The van der Waals surface area contributed by atoms with Gasteiger partial charge < -0.3 is 15.0 Å². The number of ether oxygens (including phenoxy) is 1. The number of hydrogen-bond acceptors (Lipinski definition) is 3. The van der Waals surface area contributed by atoms with Gasteiger partial charge in [0.25, 0.3) is 0 Å². The van der Waals surface area contributed by atoms with Crippen LogP contribution in [0.15, 0.2) is 18.2 Å². The van der Waals surface area contributed by atoms with Gasteiger partial charge in [0.1, 0.15) is 0 Å². The van der Waals surface area contributed by atoms with Crippen LogP contribution in [0.25, 0.3) is 0 Å². The van der Waals surface area contributed by atoms with E-state index in [-0.39, 0.29) is 11.9 Å². The van der Waals surface area contributed by atoms with Gasteiger partial charge in [0, 0.05) is 6.04 Å². The quantitative estimate of drug-likeness (QED) is 0.780. The van der Waals surface area contributed by atoms with Crippen molar-refractivity contribution in [2.45, 2.75) is 38.6 Å². The maximum Gasteiger partial charge on any atom is 0.165 e. The Bertz CT molecular complexity index is 433. The minimum absolute atomic E-state index is 0.159. The first-order chi connectivity index (χ1) is 10.2. The van der Waals surface area contributed by atoms with E-state index in [1.165, 1.54) is 39.5 Å². The van der Waals surface area contributed by atoms with Gasteiger partial charge in [-0.05, 0) is 70.1 Å². The van der Waals surface area contributed by atoms with Crippen LogP contribution in [-0.2, 0) is 0 Å². The predicted octanol–water partition coefficient (Wildman–Crippen LogP) is 3.36. The molecule has 0 radical (unpaired) electrons. The third-order valence-corrected chi connectivity index (χ3v) is 4.23. The maximum atomic E-state index is 13.7. The Morgan fingerprint density at radius 2 is 2.05 bits per heavy atom. The summed E-state index contributed by atoms with van der Waals surface area (Å²) in [6.45, 7) is 6.70. The summed E-state index contributed by atoms with van der Waals surface area (Å²) in [5.41, 5.74) is 0.964. The molecule has 0 aromatic heterocycles. The summed E-state index contributed by atoms with van der Waals surface area (Å²) in [5, 5.41) is 3.47. The maximum absolute atomic E-state index is 13.7. The molecule has 0 spiro atoms. The minimum Gasteiger partial charge on any atom is -0.494 e. The van der Waals surface area contributed by atoms with Crippen LogP contribution in [0.5, 0.6) is 5.75 Å². The van der Waals surface area contributed by atoms with Crippen molar-refractivity contribution in [2.24, 2.45) is 0 Å². The Morgan fingerprint density at radius 1 is 1.29 bits per heavy atom. The first-order valence-electron chi connectivity index (χ1n) is 8.00. The standard InChI is InChI=1S/C17H27FN2O/c1-14(15-7-8-17(21-2)16(18)13-15)19-9-6-12-20-10-4-3-5-11-20/h7-8,13-14,19H,3-6,9-12H2,1-2H3. The second-order valence-corrected chi connectivity index (χ2v) is 5.83. The zero-order valence-electron chi connectivity index (χ0n) is 13.2. The molecule has 118 valence electrons. The Kier molecular flexibility index (Phi) is 6.46. The lowest BCUT2D eigenvalue weighted by Crippen LogP contribution is -2.32. The van der Waals surface area contributed by atoms with Crippen LogP contribution in [-0.4, -0.2) is 38.2 Å². The van der Waals surface area contributed by atoms with Crippen molar-refractivity contribution >= 4 is 0 Å². The molecule has 0 aliphatic carbocycles. The number of nitrogens with one attached hydrogen (secondary N) is 1. The second kappa shape index (κ2) is 8.35. The van der Waals surface area contributed by atoms with E-state index in [2.05, 4.69) is 17.1 Å². The van der Waals surface area contributed by atoms with Crippen LogP contribution in [0, 0.1) is 5.82 Å². The number of methoxy groups -OCH3 is 1. The average molecular weight is 294 g/mol. The number of halogens is 1. The molecule has 1 heterocycles. The number of piperidine rings is 1. The van der Waals surface area contributed by atoms with Gasteiger partial charge in [0.15, 0.2) is 11.6 Å². The van der Waals surface area contributed by atoms with Crippen LogP contribution in [0.2, 0.25) is 0 Å². The Hall–Kier alpha value is -1.13. The van der Waals surface area contributed by atoms with Gasteiger partial charge in [-0.3, -0.25) is 0 Å². The van der Waals surface area contributed by atoms with Crippen LogP contribution in [0.1, 0.15) is 44.2 Å². The van der Waals surface area contributed by atoms with E-state index in [1.807, 2.05) is 6.07 Å². The summed E-state index contributed by atoms with van der Waals surface area (Å²) in [4.78, 5) is 2.54. The fraction of sp³-hybridized carbons (Fsp3) is 0.647. The van der Waals surface area contributed by atoms with Gasteiger partial charge in [-0.1, -0.05) is 12.5 Å². The Labute approximate surface area is 127 Å². The fourth-order valence-electron chi connectivity index (χ4n) is 2.87. The second-order valence-electron chi connectivity index (χ2n) is 5.83. The Balaban J connectivity index is 1.71. The van der Waals surface area contributed by atoms with E-state index < -0.39 is 0 Å². The monoisotopic (exact) mass is 294 g/mol. The normalized spacial score (nSPS) is 17.7. The third-order valence-electron chi connectivity index (χ3n) is 4.23. The lowest BCUT2D eigenvalue weighted by Gasteiger charge is -2.26. The molecule has 1 aromatic rings. The summed E-state index contributed by atoms with van der Waals surface area (Å²) in [6.07, 6.45) is 5.21. The molecule has 1 aliphatic heterocycles. The smallest absolute Gasteiger partial charge is 0.165 e. The van der Waals surface area contributed by atoms with Gasteiger partial charge in [0.2, 0.25) is 0 Å². The number of likely N-dealkylation sites (tertiary alicyclic amines) is 1. The number of benzene rings is 1. The fourth-order valence-corrected chi connectivity index (χ4v) is 2.87. The first kappa shape index (κ1) is 16.2. The minimum atomic E-state index is -0.294. The van der Waals surface area contributed by atoms with Crippen LogP contribution in [0.4, 0.5) is 4.39 Å². The zero-order chi connectivity index (χ0) is 15.1. The lowest BCUT2D eigenvalue weighted by atomic mass is 10.1. The van der Waals surface area contributed by atoms with E-state index in [1.54, 1.807) is 12.1 Å². The molecule has 1 atom stereocenters. The third kappa shape index (κ3) is 4.97. The van der Waals surface area contributed by atoms with Crippen LogP contribution >= 0.6 is 0 Å². The summed E-state index contributed by atoms with van der Waals surface area (Å²) < 4.78 is 18.6. The summed E-state index contributed by atoms with van der Waals surface area (Å²) in [7, 11) is 1.49. The molecular weight excluding hydrogens is 267 g/mol. The summed E-state index contributed by atoms with van der Waals surface area (Å²) >= 11 is 0. The molecule has 1 aliphatic rings. The van der Waals surface area contributed by atoms with Crippen molar-refractivity contribution in [1.82, 2.24) is 10.2 Å². The molecule has 1 aromatic carbocycles. The zero-order valence-corrected chi connectivity index (χ0v) is 13.2. The molecule has 1 saturated heterocycles. The van der Waals surface area contributed by atoms with Crippen molar-refractivity contribution in [3.05, 3.63) is 29.6 Å². The molecular formula is C17H27FN2O. The van der Waals surface area contributed by atoms with Crippen molar-refractivity contribution in [2.75, 3.05) is 33.3 Å². The van der Waals surface area contributed by atoms with Gasteiger partial charge in [0.05, 0.1) is 7.11 Å². The summed E-state index contributed by atoms with van der Waals surface area (Å²) in [6, 6.07) is 5.33. The number of hydrogen-bond donors (Lipinski definition) is 1. The highest BCUT2D eigenvalue weighted by Crippen LogP contribution is 2.21. The van der Waals surface area contributed by atoms with E-state index in [0.29, 0.717) is 5.75 Å². The molecule has 0 amide bonds. The van der Waals surface area contributed by atoms with Crippen molar-refractivity contribution in [3.63, 3.8) is 0 Å². The van der Waals surface area contributed by atoms with Gasteiger partial charge in [-0.2, -0.15) is 0 Å². The van der Waals surface area contributed by atoms with Crippen molar-refractivity contribution in [1.29, 1.82) is 0 Å². The van der Waals surface area contributed by atoms with Gasteiger partial charge in [-0.15, -0.1) is 0 Å². The highest BCUT2D eigenvalue weighted by Gasteiger charge is 2.11. The lowest BCUT2D eigenvalue weighted by molar-refractivity contribution is 0.225. The predicted molar refractivity (Wildman–Crippen MR) is 84.3 cm³/mol. The molecule has 1 unspecified atom stereocenters. The highest BCUT2D eigenvalue weighted by molar-refractivity contribution is 5.30. The largest absolute Gasteiger partial charge is 0.494 e. The molecule has 3 nitrogen and oxygen atoms in total.